The standard InChI is InChI=1S/C13H13FN2/c14-11-5-3-10(4-6-11)13-9-16-7-1-2-12(16)8-15-13/h1-7,13,15H,8-9H2/t13-/m0/s1. The summed E-state index contributed by atoms with van der Waals surface area (Å²) < 4.78 is 15.1. The number of aromatic nitrogens is 1. The van der Waals surface area contributed by atoms with Crippen molar-refractivity contribution in [3.63, 3.8) is 0 Å². The molecule has 1 aliphatic rings. The van der Waals surface area contributed by atoms with E-state index in [9.17, 15) is 4.39 Å². The molecule has 0 aliphatic carbocycles. The lowest BCUT2D eigenvalue weighted by Gasteiger charge is -2.26. The summed E-state index contributed by atoms with van der Waals surface area (Å²) in [5.41, 5.74) is 2.44. The Kier molecular flexibility index (Phi) is 2.26. The maximum Gasteiger partial charge on any atom is 0.123 e. The zero-order valence-electron chi connectivity index (χ0n) is 8.86. The molecular weight excluding hydrogens is 203 g/mol. The topological polar surface area (TPSA) is 17.0 Å². The Morgan fingerprint density at radius 2 is 2.00 bits per heavy atom. The number of benzene rings is 1. The molecule has 16 heavy (non-hydrogen) atoms. The molecule has 0 bridgehead atoms. The highest BCUT2D eigenvalue weighted by atomic mass is 19.1. The zero-order chi connectivity index (χ0) is 11.0. The summed E-state index contributed by atoms with van der Waals surface area (Å²) in [4.78, 5) is 0. The van der Waals surface area contributed by atoms with Gasteiger partial charge >= 0.3 is 0 Å². The van der Waals surface area contributed by atoms with Crippen LogP contribution in [0.5, 0.6) is 0 Å². The smallest absolute Gasteiger partial charge is 0.123 e. The number of hydrogen-bond donors (Lipinski definition) is 1. The van der Waals surface area contributed by atoms with E-state index in [4.69, 9.17) is 0 Å². The van der Waals surface area contributed by atoms with Crippen molar-refractivity contribution in [2.24, 2.45) is 0 Å². The van der Waals surface area contributed by atoms with E-state index in [0.717, 1.165) is 18.7 Å². The molecule has 0 saturated heterocycles. The number of nitrogens with one attached hydrogen (secondary N) is 1. The number of hydrogen-bond acceptors (Lipinski definition) is 1. The van der Waals surface area contributed by atoms with Crippen molar-refractivity contribution >= 4 is 0 Å². The van der Waals surface area contributed by atoms with Crippen LogP contribution in [0.3, 0.4) is 0 Å². The van der Waals surface area contributed by atoms with Crippen molar-refractivity contribution in [1.29, 1.82) is 0 Å². The summed E-state index contributed by atoms with van der Waals surface area (Å²) in [6, 6.07) is 11.2. The van der Waals surface area contributed by atoms with Crippen molar-refractivity contribution < 1.29 is 4.39 Å². The lowest BCUT2D eigenvalue weighted by Crippen LogP contribution is -2.31. The second-order valence-electron chi connectivity index (χ2n) is 4.14. The molecule has 82 valence electrons. The predicted octanol–water partition coefficient (Wildman–Crippen LogP) is 2.47. The summed E-state index contributed by atoms with van der Waals surface area (Å²) in [6.45, 7) is 1.78. The molecule has 0 amide bonds. The number of fused-ring (bicyclic) bond motifs is 1. The zero-order valence-corrected chi connectivity index (χ0v) is 8.86. The first-order valence-corrected chi connectivity index (χ1v) is 5.46. The fraction of sp³-hybridized carbons (Fsp3) is 0.231. The average Bonchev–Trinajstić information content (AvgIpc) is 2.77. The first-order chi connectivity index (χ1) is 7.83. The van der Waals surface area contributed by atoms with Gasteiger partial charge in [0.2, 0.25) is 0 Å². The van der Waals surface area contributed by atoms with Crippen LogP contribution in [0.1, 0.15) is 17.3 Å². The van der Waals surface area contributed by atoms with Crippen LogP contribution in [0, 0.1) is 5.82 Å². The quantitative estimate of drug-likeness (QED) is 0.775. The highest BCUT2D eigenvalue weighted by molar-refractivity contribution is 5.22. The Labute approximate surface area is 93.7 Å². The minimum Gasteiger partial charge on any atom is -0.348 e. The van der Waals surface area contributed by atoms with Gasteiger partial charge in [0, 0.05) is 25.0 Å². The second-order valence-corrected chi connectivity index (χ2v) is 4.14. The van der Waals surface area contributed by atoms with E-state index in [1.165, 1.54) is 17.8 Å². The summed E-state index contributed by atoms with van der Waals surface area (Å²) >= 11 is 0. The Morgan fingerprint density at radius 1 is 1.19 bits per heavy atom. The van der Waals surface area contributed by atoms with Crippen LogP contribution >= 0.6 is 0 Å². The van der Waals surface area contributed by atoms with Crippen molar-refractivity contribution in [3.8, 4) is 0 Å². The van der Waals surface area contributed by atoms with Gasteiger partial charge < -0.3 is 9.88 Å². The Morgan fingerprint density at radius 3 is 2.81 bits per heavy atom. The van der Waals surface area contributed by atoms with E-state index in [1.807, 2.05) is 12.1 Å². The van der Waals surface area contributed by atoms with Gasteiger partial charge in [-0.25, -0.2) is 4.39 Å². The third-order valence-corrected chi connectivity index (χ3v) is 3.10. The van der Waals surface area contributed by atoms with Crippen LogP contribution in [0.25, 0.3) is 0 Å². The van der Waals surface area contributed by atoms with Crippen LogP contribution in [-0.2, 0) is 13.1 Å². The van der Waals surface area contributed by atoms with E-state index >= 15 is 0 Å². The number of nitrogens with zero attached hydrogens (tertiary/aromatic N) is 1. The van der Waals surface area contributed by atoms with Gasteiger partial charge in [-0.1, -0.05) is 12.1 Å². The Bertz CT molecular complexity index is 487. The molecule has 1 aromatic heterocycles. The highest BCUT2D eigenvalue weighted by Crippen LogP contribution is 2.21. The van der Waals surface area contributed by atoms with E-state index in [-0.39, 0.29) is 11.9 Å². The normalized spacial score (nSPS) is 19.4. The van der Waals surface area contributed by atoms with Crippen molar-refractivity contribution in [2.75, 3.05) is 0 Å². The lowest BCUT2D eigenvalue weighted by atomic mass is 10.1. The molecule has 3 heteroatoms. The second kappa shape index (κ2) is 3.76. The first-order valence-electron chi connectivity index (χ1n) is 5.46. The molecule has 0 spiro atoms. The summed E-state index contributed by atoms with van der Waals surface area (Å²) in [5, 5.41) is 3.45. The molecule has 0 unspecified atom stereocenters. The van der Waals surface area contributed by atoms with E-state index < -0.39 is 0 Å². The van der Waals surface area contributed by atoms with Crippen molar-refractivity contribution in [1.82, 2.24) is 9.88 Å². The minimum atomic E-state index is -0.179. The molecule has 1 aromatic carbocycles. The SMILES string of the molecule is Fc1ccc([C@@H]2Cn3cccc3CN2)cc1. The van der Waals surface area contributed by atoms with Crippen LogP contribution in [0.15, 0.2) is 42.6 Å². The van der Waals surface area contributed by atoms with Crippen LogP contribution in [0.2, 0.25) is 0 Å². The molecule has 1 atom stereocenters. The lowest BCUT2D eigenvalue weighted by molar-refractivity contribution is 0.403. The van der Waals surface area contributed by atoms with Crippen LogP contribution < -0.4 is 5.32 Å². The van der Waals surface area contributed by atoms with Gasteiger partial charge in [-0.05, 0) is 29.8 Å². The Balaban J connectivity index is 1.86. The summed E-state index contributed by atoms with van der Waals surface area (Å²) in [6.07, 6.45) is 2.09. The molecule has 2 nitrogen and oxygen atoms in total. The molecule has 0 radical (unpaired) electrons. The van der Waals surface area contributed by atoms with Gasteiger partial charge in [-0.3, -0.25) is 0 Å². The molecule has 3 rings (SSSR count). The van der Waals surface area contributed by atoms with E-state index in [0.29, 0.717) is 0 Å². The van der Waals surface area contributed by atoms with Gasteiger partial charge in [-0.2, -0.15) is 0 Å². The van der Waals surface area contributed by atoms with Gasteiger partial charge in [0.15, 0.2) is 0 Å². The Hall–Kier alpha value is -1.61. The maximum atomic E-state index is 12.8. The minimum absolute atomic E-state index is 0.179. The van der Waals surface area contributed by atoms with E-state index in [1.54, 1.807) is 0 Å². The van der Waals surface area contributed by atoms with E-state index in [2.05, 4.69) is 28.2 Å². The first kappa shape index (κ1) is 9.60. The maximum absolute atomic E-state index is 12.8. The fourth-order valence-electron chi connectivity index (χ4n) is 2.20. The molecule has 0 fully saturated rings. The van der Waals surface area contributed by atoms with Gasteiger partial charge in [-0.15, -0.1) is 0 Å². The molecule has 0 saturated carbocycles. The molecular formula is C13H13FN2. The highest BCUT2D eigenvalue weighted by Gasteiger charge is 2.18. The summed E-state index contributed by atoms with van der Waals surface area (Å²) in [7, 11) is 0. The van der Waals surface area contributed by atoms with Gasteiger partial charge in [0.05, 0.1) is 6.04 Å². The average molecular weight is 216 g/mol. The summed E-state index contributed by atoms with van der Waals surface area (Å²) in [5.74, 6) is -0.179. The van der Waals surface area contributed by atoms with Crippen molar-refractivity contribution in [2.45, 2.75) is 19.1 Å². The van der Waals surface area contributed by atoms with Crippen molar-refractivity contribution in [3.05, 3.63) is 59.7 Å². The molecule has 1 N–H and O–H groups in total. The molecule has 1 aliphatic heterocycles. The third-order valence-electron chi connectivity index (χ3n) is 3.10. The van der Waals surface area contributed by atoms with Gasteiger partial charge in [0.25, 0.3) is 0 Å². The number of halogens is 1. The monoisotopic (exact) mass is 216 g/mol. The number of rotatable bonds is 1. The van der Waals surface area contributed by atoms with Crippen LogP contribution in [-0.4, -0.2) is 4.57 Å². The van der Waals surface area contributed by atoms with Crippen LogP contribution in [0.4, 0.5) is 4.39 Å². The largest absolute Gasteiger partial charge is 0.348 e. The third kappa shape index (κ3) is 1.63. The predicted molar refractivity (Wildman–Crippen MR) is 60.4 cm³/mol. The van der Waals surface area contributed by atoms with Gasteiger partial charge in [0.1, 0.15) is 5.82 Å². The fourth-order valence-corrected chi connectivity index (χ4v) is 2.20. The molecule has 2 heterocycles. The molecule has 2 aromatic rings.